The van der Waals surface area contributed by atoms with Gasteiger partial charge in [-0.25, -0.2) is 13.1 Å². The van der Waals surface area contributed by atoms with Crippen molar-refractivity contribution >= 4 is 20.9 Å². The summed E-state index contributed by atoms with van der Waals surface area (Å²) < 4.78 is 26.8. The molecule has 2 rings (SSSR count). The molecule has 0 amide bonds. The number of benzene rings is 1. The summed E-state index contributed by atoms with van der Waals surface area (Å²) in [6.45, 7) is 1.80. The van der Waals surface area contributed by atoms with E-state index in [1.165, 1.54) is 6.07 Å². The molecule has 1 heterocycles. The topological polar surface area (TPSA) is 79.3 Å². The summed E-state index contributed by atoms with van der Waals surface area (Å²) in [5, 5.41) is 10.0. The molecule has 0 spiro atoms. The van der Waals surface area contributed by atoms with Gasteiger partial charge in [-0.05, 0) is 30.7 Å². The fourth-order valence-electron chi connectivity index (χ4n) is 1.74. The van der Waals surface area contributed by atoms with E-state index < -0.39 is 16.1 Å². The third-order valence-electron chi connectivity index (χ3n) is 2.88. The van der Waals surface area contributed by atoms with Crippen LogP contribution in [0.15, 0.2) is 41.4 Å². The van der Waals surface area contributed by atoms with E-state index in [0.717, 1.165) is 0 Å². The highest BCUT2D eigenvalue weighted by Crippen LogP contribution is 2.20. The normalized spacial score (nSPS) is 13.6. The van der Waals surface area contributed by atoms with Crippen LogP contribution >= 0.6 is 0 Å². The predicted molar refractivity (Wildman–Crippen MR) is 73.2 cm³/mol. The molecule has 0 saturated heterocycles. The van der Waals surface area contributed by atoms with Crippen LogP contribution in [0.4, 0.5) is 0 Å². The first kappa shape index (κ1) is 13.9. The number of hydrogen-bond acceptors (Lipinski definition) is 4. The molecule has 0 radical (unpaired) electrons. The van der Waals surface area contributed by atoms with Crippen LogP contribution in [-0.2, 0) is 10.0 Å². The highest BCUT2D eigenvalue weighted by Gasteiger charge is 2.18. The molecule has 6 heteroatoms. The molecule has 2 N–H and O–H groups in total. The van der Waals surface area contributed by atoms with E-state index in [0.29, 0.717) is 17.3 Å². The third kappa shape index (κ3) is 3.09. The van der Waals surface area contributed by atoms with Gasteiger partial charge in [0.15, 0.2) is 0 Å². The van der Waals surface area contributed by atoms with Gasteiger partial charge in [0.1, 0.15) is 0 Å². The summed E-state index contributed by atoms with van der Waals surface area (Å²) in [6, 6.07) is 8.36. The molecule has 0 bridgehead atoms. The molecule has 0 saturated carbocycles. The van der Waals surface area contributed by atoms with Crippen LogP contribution in [0.5, 0.6) is 0 Å². The average Bonchev–Trinajstić information content (AvgIpc) is 2.44. The minimum absolute atomic E-state index is 0.00941. The Hall–Kier alpha value is -1.50. The Morgan fingerprint density at radius 2 is 2.11 bits per heavy atom. The van der Waals surface area contributed by atoms with Crippen molar-refractivity contribution in [3.8, 4) is 0 Å². The van der Waals surface area contributed by atoms with Gasteiger partial charge in [0.2, 0.25) is 10.0 Å². The Labute approximate surface area is 112 Å². The SMILES string of the molecule is CCC(O)CNS(=O)(=O)c1cccc2ncccc12. The predicted octanol–water partition coefficient (Wildman–Crippen LogP) is 1.28. The Morgan fingerprint density at radius 3 is 2.84 bits per heavy atom. The standard InChI is InChI=1S/C13H16N2O3S/c1-2-10(16)9-15-19(17,18)13-7-3-6-12-11(13)5-4-8-14-12/h3-8,10,15-16H,2,9H2,1H3. The van der Waals surface area contributed by atoms with Crippen LogP contribution in [0, 0.1) is 0 Å². The quantitative estimate of drug-likeness (QED) is 0.865. The van der Waals surface area contributed by atoms with Gasteiger partial charge in [0.05, 0.1) is 16.5 Å². The first-order valence-electron chi connectivity index (χ1n) is 6.06. The number of aliphatic hydroxyl groups is 1. The van der Waals surface area contributed by atoms with Gasteiger partial charge in [0, 0.05) is 18.1 Å². The molecule has 2 aromatic rings. The molecule has 1 unspecified atom stereocenters. The maximum Gasteiger partial charge on any atom is 0.241 e. The molecule has 0 aliphatic carbocycles. The van der Waals surface area contributed by atoms with Gasteiger partial charge in [0.25, 0.3) is 0 Å². The lowest BCUT2D eigenvalue weighted by atomic mass is 10.2. The Kier molecular flexibility index (Phi) is 4.14. The van der Waals surface area contributed by atoms with Crippen molar-refractivity contribution in [1.82, 2.24) is 9.71 Å². The lowest BCUT2D eigenvalue weighted by molar-refractivity contribution is 0.174. The van der Waals surface area contributed by atoms with Crippen molar-refractivity contribution in [2.75, 3.05) is 6.54 Å². The lowest BCUT2D eigenvalue weighted by Crippen LogP contribution is -2.31. The Balaban J connectivity index is 2.38. The summed E-state index contributed by atoms with van der Waals surface area (Å²) in [7, 11) is -3.64. The third-order valence-corrected chi connectivity index (χ3v) is 4.36. The van der Waals surface area contributed by atoms with Crippen LogP contribution in [0.1, 0.15) is 13.3 Å². The zero-order valence-corrected chi connectivity index (χ0v) is 11.4. The van der Waals surface area contributed by atoms with Crippen molar-refractivity contribution in [2.24, 2.45) is 0 Å². The fraction of sp³-hybridized carbons (Fsp3) is 0.308. The van der Waals surface area contributed by atoms with E-state index in [2.05, 4.69) is 9.71 Å². The number of aromatic nitrogens is 1. The summed E-state index contributed by atoms with van der Waals surface area (Å²) in [5.74, 6) is 0. The smallest absolute Gasteiger partial charge is 0.241 e. The second-order valence-corrected chi connectivity index (χ2v) is 5.98. The first-order valence-corrected chi connectivity index (χ1v) is 7.54. The first-order chi connectivity index (χ1) is 9.04. The van der Waals surface area contributed by atoms with Gasteiger partial charge in [-0.1, -0.05) is 13.0 Å². The molecular weight excluding hydrogens is 264 g/mol. The van der Waals surface area contributed by atoms with E-state index in [1.54, 1.807) is 37.4 Å². The van der Waals surface area contributed by atoms with Crippen LogP contribution in [0.2, 0.25) is 0 Å². The second-order valence-electron chi connectivity index (χ2n) is 4.24. The Bertz CT molecular complexity index is 665. The maximum absolute atomic E-state index is 12.2. The molecule has 5 nitrogen and oxygen atoms in total. The van der Waals surface area contributed by atoms with Gasteiger partial charge in [-0.3, -0.25) is 4.98 Å². The zero-order chi connectivity index (χ0) is 13.9. The van der Waals surface area contributed by atoms with Crippen LogP contribution in [-0.4, -0.2) is 31.2 Å². The number of nitrogens with zero attached hydrogens (tertiary/aromatic N) is 1. The zero-order valence-electron chi connectivity index (χ0n) is 10.6. The van der Waals surface area contributed by atoms with Crippen LogP contribution in [0.3, 0.4) is 0 Å². The van der Waals surface area contributed by atoms with Crippen molar-refractivity contribution < 1.29 is 13.5 Å². The van der Waals surface area contributed by atoms with Crippen LogP contribution < -0.4 is 4.72 Å². The number of sulfonamides is 1. The Morgan fingerprint density at radius 1 is 1.32 bits per heavy atom. The maximum atomic E-state index is 12.2. The van der Waals surface area contributed by atoms with Crippen molar-refractivity contribution in [2.45, 2.75) is 24.3 Å². The van der Waals surface area contributed by atoms with Gasteiger partial charge < -0.3 is 5.11 Å². The lowest BCUT2D eigenvalue weighted by Gasteiger charge is -2.11. The van der Waals surface area contributed by atoms with E-state index in [1.807, 2.05) is 0 Å². The summed E-state index contributed by atoms with van der Waals surface area (Å²) in [4.78, 5) is 4.31. The number of pyridine rings is 1. The largest absolute Gasteiger partial charge is 0.392 e. The highest BCUT2D eigenvalue weighted by molar-refractivity contribution is 7.89. The molecule has 0 aliphatic heterocycles. The number of rotatable bonds is 5. The molecular formula is C13H16N2O3S. The number of nitrogens with one attached hydrogen (secondary N) is 1. The second kappa shape index (κ2) is 5.64. The fourth-order valence-corrected chi connectivity index (χ4v) is 3.02. The molecule has 0 aliphatic rings. The monoisotopic (exact) mass is 280 g/mol. The van der Waals surface area contributed by atoms with E-state index in [-0.39, 0.29) is 11.4 Å². The average molecular weight is 280 g/mol. The van der Waals surface area contributed by atoms with Crippen LogP contribution in [0.25, 0.3) is 10.9 Å². The van der Waals surface area contributed by atoms with Crippen molar-refractivity contribution in [3.63, 3.8) is 0 Å². The highest BCUT2D eigenvalue weighted by atomic mass is 32.2. The molecule has 102 valence electrons. The summed E-state index contributed by atoms with van der Waals surface area (Å²) >= 11 is 0. The van der Waals surface area contributed by atoms with Crippen molar-refractivity contribution in [3.05, 3.63) is 36.5 Å². The minimum Gasteiger partial charge on any atom is -0.392 e. The molecule has 1 aromatic heterocycles. The molecule has 1 aromatic carbocycles. The van der Waals surface area contributed by atoms with Gasteiger partial charge in [-0.15, -0.1) is 0 Å². The van der Waals surface area contributed by atoms with E-state index in [4.69, 9.17) is 0 Å². The molecule has 0 fully saturated rings. The van der Waals surface area contributed by atoms with Gasteiger partial charge in [-0.2, -0.15) is 0 Å². The number of aliphatic hydroxyl groups excluding tert-OH is 1. The minimum atomic E-state index is -3.64. The number of fused-ring (bicyclic) bond motifs is 1. The van der Waals surface area contributed by atoms with Crippen molar-refractivity contribution in [1.29, 1.82) is 0 Å². The van der Waals surface area contributed by atoms with E-state index in [9.17, 15) is 13.5 Å². The van der Waals surface area contributed by atoms with E-state index >= 15 is 0 Å². The van der Waals surface area contributed by atoms with Gasteiger partial charge >= 0.3 is 0 Å². The number of hydrogen-bond donors (Lipinski definition) is 2. The molecule has 19 heavy (non-hydrogen) atoms. The summed E-state index contributed by atoms with van der Waals surface area (Å²) in [6.07, 6.45) is 1.44. The molecule has 1 atom stereocenters. The summed E-state index contributed by atoms with van der Waals surface area (Å²) in [5.41, 5.74) is 0.626.